The van der Waals surface area contributed by atoms with Crippen molar-refractivity contribution >= 4 is 5.91 Å². The van der Waals surface area contributed by atoms with Gasteiger partial charge >= 0.3 is 0 Å². The monoisotopic (exact) mass is 345 g/mol. The van der Waals surface area contributed by atoms with E-state index < -0.39 is 23.4 Å². The quantitative estimate of drug-likeness (QED) is 0.863. The minimum absolute atomic E-state index is 0.0125. The Bertz CT molecular complexity index is 815. The molecule has 1 aromatic carbocycles. The molecule has 25 heavy (non-hydrogen) atoms. The van der Waals surface area contributed by atoms with Gasteiger partial charge in [-0.2, -0.15) is 9.78 Å². The highest BCUT2D eigenvalue weighted by molar-refractivity contribution is 5.92. The number of hydrogen-bond acceptors (Lipinski definition) is 4. The molecule has 1 amide bonds. The van der Waals surface area contributed by atoms with Crippen molar-refractivity contribution in [1.82, 2.24) is 15.1 Å². The molecule has 0 radical (unpaired) electrons. The number of nitrogens with one attached hydrogen (secondary N) is 1. The second kappa shape index (κ2) is 7.57. The van der Waals surface area contributed by atoms with Crippen LogP contribution in [0.15, 0.2) is 41.2 Å². The van der Waals surface area contributed by atoms with Gasteiger partial charge in [0.25, 0.3) is 11.5 Å². The van der Waals surface area contributed by atoms with E-state index in [9.17, 15) is 19.1 Å². The number of carbonyl (C=O) groups excluding carboxylic acids is 1. The summed E-state index contributed by atoms with van der Waals surface area (Å²) in [5.74, 6) is -0.908. The summed E-state index contributed by atoms with van der Waals surface area (Å²) in [4.78, 5) is 24.2. The average Bonchev–Trinajstić information content (AvgIpc) is 3.15. The number of benzene rings is 1. The largest absolute Gasteiger partial charge is 0.391 e. The Labute approximate surface area is 144 Å². The highest BCUT2D eigenvalue weighted by Crippen LogP contribution is 2.27. The fourth-order valence-corrected chi connectivity index (χ4v) is 3.13. The van der Waals surface area contributed by atoms with Crippen LogP contribution < -0.4 is 10.9 Å². The van der Waals surface area contributed by atoms with E-state index in [1.807, 2.05) is 0 Å². The lowest BCUT2D eigenvalue weighted by atomic mass is 10.0. The molecular formula is C18H20FN3O3. The third-order valence-electron chi connectivity index (χ3n) is 4.53. The smallest absolute Gasteiger partial charge is 0.271 e. The van der Waals surface area contributed by atoms with Crippen LogP contribution in [0.2, 0.25) is 0 Å². The fraction of sp³-hybridized carbons (Fsp3) is 0.389. The molecule has 7 heteroatoms. The summed E-state index contributed by atoms with van der Waals surface area (Å²) in [6.07, 6.45) is 3.54. The van der Waals surface area contributed by atoms with E-state index in [1.54, 1.807) is 6.07 Å². The van der Waals surface area contributed by atoms with Gasteiger partial charge in [0.2, 0.25) is 0 Å². The normalized spacial score (nSPS) is 15.9. The van der Waals surface area contributed by atoms with Crippen LogP contribution in [-0.2, 0) is 0 Å². The molecule has 2 N–H and O–H groups in total. The molecule has 1 unspecified atom stereocenters. The van der Waals surface area contributed by atoms with Crippen molar-refractivity contribution in [2.24, 2.45) is 5.92 Å². The molecule has 1 aliphatic carbocycles. The van der Waals surface area contributed by atoms with Crippen LogP contribution in [0.5, 0.6) is 0 Å². The van der Waals surface area contributed by atoms with Crippen LogP contribution in [0.25, 0.3) is 5.69 Å². The zero-order valence-electron chi connectivity index (χ0n) is 13.7. The molecule has 0 aliphatic heterocycles. The van der Waals surface area contributed by atoms with Gasteiger partial charge in [0.1, 0.15) is 17.2 Å². The first kappa shape index (κ1) is 17.3. The molecule has 6 nitrogen and oxygen atoms in total. The van der Waals surface area contributed by atoms with Crippen molar-refractivity contribution < 1.29 is 14.3 Å². The number of hydrogen-bond donors (Lipinski definition) is 2. The van der Waals surface area contributed by atoms with Crippen molar-refractivity contribution in [3.8, 4) is 5.69 Å². The highest BCUT2D eigenvalue weighted by atomic mass is 19.1. The average molecular weight is 345 g/mol. The van der Waals surface area contributed by atoms with Crippen LogP contribution in [0.1, 0.15) is 36.2 Å². The van der Waals surface area contributed by atoms with Crippen LogP contribution >= 0.6 is 0 Å². The Morgan fingerprint density at radius 3 is 2.72 bits per heavy atom. The van der Waals surface area contributed by atoms with E-state index in [-0.39, 0.29) is 23.8 Å². The van der Waals surface area contributed by atoms with Gasteiger partial charge in [0.15, 0.2) is 0 Å². The minimum Gasteiger partial charge on any atom is -0.391 e. The van der Waals surface area contributed by atoms with Gasteiger partial charge in [-0.05, 0) is 37.0 Å². The third kappa shape index (κ3) is 3.93. The number of aliphatic hydroxyl groups excluding tert-OH is 1. The van der Waals surface area contributed by atoms with Gasteiger partial charge in [-0.15, -0.1) is 0 Å². The first-order chi connectivity index (χ1) is 12.1. The molecule has 1 fully saturated rings. The van der Waals surface area contributed by atoms with Crippen LogP contribution in [0.3, 0.4) is 0 Å². The molecule has 0 bridgehead atoms. The highest BCUT2D eigenvalue weighted by Gasteiger charge is 2.23. The maximum Gasteiger partial charge on any atom is 0.271 e. The Balaban J connectivity index is 1.74. The summed E-state index contributed by atoms with van der Waals surface area (Å²) >= 11 is 0. The molecule has 0 saturated heterocycles. The lowest BCUT2D eigenvalue weighted by molar-refractivity contribution is 0.0835. The first-order valence-corrected chi connectivity index (χ1v) is 8.38. The molecule has 0 spiro atoms. The second-order valence-corrected chi connectivity index (χ2v) is 6.24. The maximum atomic E-state index is 13.9. The van der Waals surface area contributed by atoms with Gasteiger partial charge in [0, 0.05) is 12.6 Å². The van der Waals surface area contributed by atoms with Crippen LogP contribution in [0.4, 0.5) is 4.39 Å². The summed E-state index contributed by atoms with van der Waals surface area (Å²) in [5.41, 5.74) is -0.567. The summed E-state index contributed by atoms with van der Waals surface area (Å²) in [6, 6.07) is 8.17. The van der Waals surface area contributed by atoms with E-state index in [0.717, 1.165) is 30.4 Å². The second-order valence-electron chi connectivity index (χ2n) is 6.24. The van der Waals surface area contributed by atoms with Crippen molar-refractivity contribution in [1.29, 1.82) is 0 Å². The molecule has 1 saturated carbocycles. The Morgan fingerprint density at radius 2 is 2.00 bits per heavy atom. The van der Waals surface area contributed by atoms with E-state index in [2.05, 4.69) is 10.4 Å². The van der Waals surface area contributed by atoms with Gasteiger partial charge < -0.3 is 10.4 Å². The molecular weight excluding hydrogens is 325 g/mol. The molecule has 1 heterocycles. The van der Waals surface area contributed by atoms with E-state index in [1.165, 1.54) is 30.3 Å². The summed E-state index contributed by atoms with van der Waals surface area (Å²) in [7, 11) is 0. The molecule has 1 atom stereocenters. The summed E-state index contributed by atoms with van der Waals surface area (Å²) in [5, 5.41) is 16.7. The predicted octanol–water partition coefficient (Wildman–Crippen LogP) is 1.65. The lowest BCUT2D eigenvalue weighted by Gasteiger charge is -2.18. The van der Waals surface area contributed by atoms with Crippen molar-refractivity contribution in [3.05, 3.63) is 58.3 Å². The predicted molar refractivity (Wildman–Crippen MR) is 90.1 cm³/mol. The number of aromatic nitrogens is 2. The maximum absolute atomic E-state index is 13.9. The van der Waals surface area contributed by atoms with Crippen molar-refractivity contribution in [2.75, 3.05) is 6.54 Å². The number of amides is 1. The van der Waals surface area contributed by atoms with E-state index >= 15 is 0 Å². The molecule has 1 aromatic heterocycles. The molecule has 1 aliphatic rings. The SMILES string of the molecule is O=C(NCC(O)C1CCCC1)c1ccc(=O)n(-c2ccccc2F)n1. The number of halogens is 1. The number of para-hydroxylation sites is 1. The van der Waals surface area contributed by atoms with Crippen molar-refractivity contribution in [3.63, 3.8) is 0 Å². The standard InChI is InChI=1S/C18H20FN3O3/c19-13-7-3-4-8-15(13)22-17(24)10-9-14(21-22)18(25)20-11-16(23)12-5-1-2-6-12/h3-4,7-10,12,16,23H,1-2,5-6,11H2,(H,20,25). The van der Waals surface area contributed by atoms with Gasteiger partial charge in [0.05, 0.1) is 6.10 Å². The number of rotatable bonds is 5. The minimum atomic E-state index is -0.605. The number of aliphatic hydroxyl groups is 1. The molecule has 3 rings (SSSR count). The Morgan fingerprint density at radius 1 is 1.28 bits per heavy atom. The van der Waals surface area contributed by atoms with E-state index in [4.69, 9.17) is 0 Å². The zero-order chi connectivity index (χ0) is 17.8. The van der Waals surface area contributed by atoms with Crippen molar-refractivity contribution in [2.45, 2.75) is 31.8 Å². The third-order valence-corrected chi connectivity index (χ3v) is 4.53. The number of nitrogens with zero attached hydrogens (tertiary/aromatic N) is 2. The lowest BCUT2D eigenvalue weighted by Crippen LogP contribution is -2.37. The van der Waals surface area contributed by atoms with E-state index in [0.29, 0.717) is 0 Å². The van der Waals surface area contributed by atoms with Crippen LogP contribution in [-0.4, -0.2) is 33.4 Å². The first-order valence-electron chi connectivity index (χ1n) is 8.38. The van der Waals surface area contributed by atoms with Crippen LogP contribution in [0, 0.1) is 11.7 Å². The zero-order valence-corrected chi connectivity index (χ0v) is 13.7. The summed E-state index contributed by atoms with van der Waals surface area (Å²) < 4.78 is 14.7. The van der Waals surface area contributed by atoms with Gasteiger partial charge in [-0.3, -0.25) is 9.59 Å². The summed E-state index contributed by atoms with van der Waals surface area (Å²) in [6.45, 7) is 0.129. The number of carbonyl (C=O) groups is 1. The van der Waals surface area contributed by atoms with Gasteiger partial charge in [-0.25, -0.2) is 4.39 Å². The Kier molecular flexibility index (Phi) is 5.23. The van der Waals surface area contributed by atoms with Gasteiger partial charge in [-0.1, -0.05) is 25.0 Å². The fourth-order valence-electron chi connectivity index (χ4n) is 3.13. The molecule has 132 valence electrons. The topological polar surface area (TPSA) is 84.2 Å². The Hall–Kier alpha value is -2.54. The molecule has 2 aromatic rings.